The molecule has 0 fully saturated rings. The van der Waals surface area contributed by atoms with Crippen LogP contribution in [0.25, 0.3) is 0 Å². The maximum atomic E-state index is 11.4. The molecule has 3 nitrogen and oxygen atoms in total. The van der Waals surface area contributed by atoms with Crippen LogP contribution in [0, 0.1) is 0 Å². The van der Waals surface area contributed by atoms with Crippen LogP contribution >= 0.6 is 0 Å². The van der Waals surface area contributed by atoms with Gasteiger partial charge in [-0.25, -0.2) is 0 Å². The van der Waals surface area contributed by atoms with E-state index in [9.17, 15) is 4.79 Å². The second-order valence-corrected chi connectivity index (χ2v) is 7.12. The first-order chi connectivity index (χ1) is 11.8. The van der Waals surface area contributed by atoms with E-state index in [1.165, 1.54) is 89.9 Å². The minimum absolute atomic E-state index is 0.127. The van der Waals surface area contributed by atoms with Crippen molar-refractivity contribution in [3.63, 3.8) is 0 Å². The van der Waals surface area contributed by atoms with Gasteiger partial charge in [-0.05, 0) is 19.4 Å². The van der Waals surface area contributed by atoms with Gasteiger partial charge in [-0.2, -0.15) is 0 Å². The minimum atomic E-state index is 0.127. The number of unbranched alkanes of at least 4 members (excludes halogenated alkanes) is 13. The zero-order valence-corrected chi connectivity index (χ0v) is 16.6. The fourth-order valence-corrected chi connectivity index (χ4v) is 2.97. The highest BCUT2D eigenvalue weighted by molar-refractivity contribution is 5.77. The summed E-state index contributed by atoms with van der Waals surface area (Å²) in [5.41, 5.74) is 0. The molecular formula is C21H44N2O. The Morgan fingerprint density at radius 2 is 1.04 bits per heavy atom. The molecule has 0 rings (SSSR count). The number of hydrogen-bond donors (Lipinski definition) is 2. The van der Waals surface area contributed by atoms with Crippen molar-refractivity contribution in [2.75, 3.05) is 19.6 Å². The van der Waals surface area contributed by atoms with E-state index in [2.05, 4.69) is 24.5 Å². The van der Waals surface area contributed by atoms with Crippen molar-refractivity contribution in [3.8, 4) is 0 Å². The van der Waals surface area contributed by atoms with E-state index in [0.29, 0.717) is 6.54 Å². The van der Waals surface area contributed by atoms with Crippen LogP contribution in [-0.2, 0) is 4.79 Å². The molecule has 0 atom stereocenters. The van der Waals surface area contributed by atoms with E-state index in [1.54, 1.807) is 0 Å². The molecule has 0 aliphatic carbocycles. The molecule has 24 heavy (non-hydrogen) atoms. The average Bonchev–Trinajstić information content (AvgIpc) is 2.59. The monoisotopic (exact) mass is 340 g/mol. The van der Waals surface area contributed by atoms with Crippen LogP contribution in [0.3, 0.4) is 0 Å². The highest BCUT2D eigenvalue weighted by Crippen LogP contribution is 2.12. The third-order valence-electron chi connectivity index (χ3n) is 4.56. The molecule has 0 aromatic rings. The third-order valence-corrected chi connectivity index (χ3v) is 4.56. The first-order valence-electron chi connectivity index (χ1n) is 10.8. The van der Waals surface area contributed by atoms with Gasteiger partial charge in [0.2, 0.25) is 5.91 Å². The Morgan fingerprint density at radius 1 is 0.583 bits per heavy atom. The highest BCUT2D eigenvalue weighted by atomic mass is 16.1. The maximum Gasteiger partial charge on any atom is 0.233 e. The Morgan fingerprint density at radius 3 is 1.50 bits per heavy atom. The summed E-state index contributed by atoms with van der Waals surface area (Å²) < 4.78 is 0. The first kappa shape index (κ1) is 23.4. The first-order valence-corrected chi connectivity index (χ1v) is 10.8. The lowest BCUT2D eigenvalue weighted by Gasteiger charge is -2.06. The summed E-state index contributed by atoms with van der Waals surface area (Å²) >= 11 is 0. The largest absolute Gasteiger partial charge is 0.355 e. The second-order valence-electron chi connectivity index (χ2n) is 7.12. The van der Waals surface area contributed by atoms with Gasteiger partial charge in [0.05, 0.1) is 6.54 Å². The summed E-state index contributed by atoms with van der Waals surface area (Å²) in [7, 11) is 0. The highest BCUT2D eigenvalue weighted by Gasteiger charge is 1.98. The minimum Gasteiger partial charge on any atom is -0.355 e. The summed E-state index contributed by atoms with van der Waals surface area (Å²) in [4.78, 5) is 11.4. The summed E-state index contributed by atoms with van der Waals surface area (Å²) in [5, 5.41) is 6.11. The van der Waals surface area contributed by atoms with Crippen molar-refractivity contribution < 1.29 is 4.79 Å². The van der Waals surface area contributed by atoms with Crippen LogP contribution in [0.1, 0.15) is 110 Å². The van der Waals surface area contributed by atoms with E-state index in [-0.39, 0.29) is 5.91 Å². The molecule has 0 unspecified atom stereocenters. The standard InChI is InChI=1S/C21H44N2O/c1-3-5-6-7-8-9-10-11-12-13-14-15-16-17-19-22-20-21(24)23-18-4-2/h22H,3-20H2,1-2H3,(H,23,24). The molecule has 0 spiro atoms. The number of rotatable bonds is 19. The molecule has 0 aromatic heterocycles. The zero-order chi connectivity index (χ0) is 17.7. The topological polar surface area (TPSA) is 41.1 Å². The molecule has 0 aromatic carbocycles. The van der Waals surface area contributed by atoms with Crippen LogP contribution < -0.4 is 10.6 Å². The molecule has 144 valence electrons. The van der Waals surface area contributed by atoms with Crippen LogP contribution in [0.15, 0.2) is 0 Å². The van der Waals surface area contributed by atoms with Crippen molar-refractivity contribution in [2.24, 2.45) is 0 Å². The van der Waals surface area contributed by atoms with Crippen LogP contribution in [-0.4, -0.2) is 25.5 Å². The number of nitrogens with one attached hydrogen (secondary N) is 2. The van der Waals surface area contributed by atoms with Crippen molar-refractivity contribution in [2.45, 2.75) is 110 Å². The molecule has 0 bridgehead atoms. The van der Waals surface area contributed by atoms with Crippen LogP contribution in [0.4, 0.5) is 0 Å². The van der Waals surface area contributed by atoms with Crippen LogP contribution in [0.2, 0.25) is 0 Å². The van der Waals surface area contributed by atoms with Crippen molar-refractivity contribution in [1.29, 1.82) is 0 Å². The van der Waals surface area contributed by atoms with Gasteiger partial charge in [-0.1, -0.05) is 97.3 Å². The molecule has 1 amide bonds. The maximum absolute atomic E-state index is 11.4. The summed E-state index contributed by atoms with van der Waals surface area (Å²) in [5.74, 6) is 0.127. The van der Waals surface area contributed by atoms with Gasteiger partial charge in [0.1, 0.15) is 0 Å². The smallest absolute Gasteiger partial charge is 0.233 e. The van der Waals surface area contributed by atoms with Crippen molar-refractivity contribution >= 4 is 5.91 Å². The Kier molecular flexibility index (Phi) is 20.0. The molecule has 0 aliphatic rings. The third kappa shape index (κ3) is 19.5. The molecule has 0 heterocycles. The fraction of sp³-hybridized carbons (Fsp3) is 0.952. The average molecular weight is 341 g/mol. The van der Waals surface area contributed by atoms with Gasteiger partial charge in [-0.15, -0.1) is 0 Å². The van der Waals surface area contributed by atoms with Gasteiger partial charge in [0.25, 0.3) is 0 Å². The number of carbonyl (C=O) groups excluding carboxylic acids is 1. The van der Waals surface area contributed by atoms with Gasteiger partial charge < -0.3 is 10.6 Å². The van der Waals surface area contributed by atoms with E-state index < -0.39 is 0 Å². The summed E-state index contributed by atoms with van der Waals surface area (Å²) in [6.45, 7) is 6.58. The Labute approximate surface area is 151 Å². The predicted octanol–water partition coefficient (Wildman–Crippen LogP) is 5.58. The van der Waals surface area contributed by atoms with Crippen LogP contribution in [0.5, 0.6) is 0 Å². The molecule has 0 saturated heterocycles. The predicted molar refractivity (Wildman–Crippen MR) is 106 cm³/mol. The SMILES string of the molecule is CCCCCCCCCCCCCCCCNCC(=O)NCCC. The molecule has 0 saturated carbocycles. The summed E-state index contributed by atoms with van der Waals surface area (Å²) in [6.07, 6.45) is 20.5. The fourth-order valence-electron chi connectivity index (χ4n) is 2.97. The molecule has 0 radical (unpaired) electrons. The van der Waals surface area contributed by atoms with E-state index >= 15 is 0 Å². The Bertz CT molecular complexity index is 256. The number of hydrogen-bond acceptors (Lipinski definition) is 2. The van der Waals surface area contributed by atoms with E-state index in [1.807, 2.05) is 0 Å². The lowest BCUT2D eigenvalue weighted by atomic mass is 10.0. The molecule has 0 aliphatic heterocycles. The van der Waals surface area contributed by atoms with E-state index in [4.69, 9.17) is 0 Å². The molecule has 2 N–H and O–H groups in total. The lowest BCUT2D eigenvalue weighted by molar-refractivity contribution is -0.120. The summed E-state index contributed by atoms with van der Waals surface area (Å²) in [6, 6.07) is 0. The Balaban J connectivity index is 3.04. The van der Waals surface area contributed by atoms with Crippen molar-refractivity contribution in [3.05, 3.63) is 0 Å². The number of carbonyl (C=O) groups is 1. The van der Waals surface area contributed by atoms with Gasteiger partial charge in [-0.3, -0.25) is 4.79 Å². The quantitative estimate of drug-likeness (QED) is 0.301. The normalized spacial score (nSPS) is 10.9. The molecular weight excluding hydrogens is 296 g/mol. The Hall–Kier alpha value is -0.570. The van der Waals surface area contributed by atoms with Gasteiger partial charge >= 0.3 is 0 Å². The zero-order valence-electron chi connectivity index (χ0n) is 16.6. The van der Waals surface area contributed by atoms with Gasteiger partial charge in [0.15, 0.2) is 0 Å². The van der Waals surface area contributed by atoms with E-state index in [0.717, 1.165) is 19.5 Å². The lowest BCUT2D eigenvalue weighted by Crippen LogP contribution is -2.34. The van der Waals surface area contributed by atoms with Crippen molar-refractivity contribution in [1.82, 2.24) is 10.6 Å². The number of amides is 1. The van der Waals surface area contributed by atoms with Gasteiger partial charge in [0, 0.05) is 6.54 Å². The molecule has 3 heteroatoms. The second kappa shape index (κ2) is 20.5.